The molecule has 0 aromatic heterocycles. The van der Waals surface area contributed by atoms with E-state index < -0.39 is 5.97 Å². The van der Waals surface area contributed by atoms with Crippen LogP contribution in [0.3, 0.4) is 0 Å². The van der Waals surface area contributed by atoms with E-state index in [1.54, 1.807) is 12.1 Å². The lowest BCUT2D eigenvalue weighted by molar-refractivity contribution is -0.139. The fourth-order valence-electron chi connectivity index (χ4n) is 1.47. The monoisotopic (exact) mass is 236 g/mol. The summed E-state index contributed by atoms with van der Waals surface area (Å²) in [6.07, 6.45) is -0.268. The molecule has 0 aliphatic rings. The maximum atomic E-state index is 11.9. The number of esters is 1. The quantitative estimate of drug-likeness (QED) is 0.456. The SMILES string of the molecule is COC(=O)CC(=O)c1cc(C)c(C)cc1OC. The van der Waals surface area contributed by atoms with E-state index in [1.807, 2.05) is 13.8 Å². The van der Waals surface area contributed by atoms with Gasteiger partial charge in [-0.25, -0.2) is 0 Å². The highest BCUT2D eigenvalue weighted by Gasteiger charge is 2.17. The van der Waals surface area contributed by atoms with Gasteiger partial charge in [-0.05, 0) is 37.1 Å². The number of ether oxygens (including phenoxy) is 2. The molecule has 0 bridgehead atoms. The number of ketones is 1. The summed E-state index contributed by atoms with van der Waals surface area (Å²) in [5.74, 6) is -0.353. The van der Waals surface area contributed by atoms with Crippen molar-refractivity contribution in [3.63, 3.8) is 0 Å². The summed E-state index contributed by atoms with van der Waals surface area (Å²) >= 11 is 0. The summed E-state index contributed by atoms with van der Waals surface area (Å²) in [5.41, 5.74) is 2.44. The van der Waals surface area contributed by atoms with Crippen molar-refractivity contribution >= 4 is 11.8 Å². The Hall–Kier alpha value is -1.84. The first-order valence-electron chi connectivity index (χ1n) is 5.24. The van der Waals surface area contributed by atoms with Crippen molar-refractivity contribution in [1.29, 1.82) is 0 Å². The molecule has 0 heterocycles. The second kappa shape index (κ2) is 5.48. The lowest BCUT2D eigenvalue weighted by Gasteiger charge is -2.10. The number of hydrogen-bond acceptors (Lipinski definition) is 4. The second-order valence-electron chi connectivity index (χ2n) is 3.81. The fourth-order valence-corrected chi connectivity index (χ4v) is 1.47. The summed E-state index contributed by atoms with van der Waals surface area (Å²) in [6.45, 7) is 3.84. The third-order valence-corrected chi connectivity index (χ3v) is 2.65. The Morgan fingerprint density at radius 3 is 2.24 bits per heavy atom. The van der Waals surface area contributed by atoms with E-state index in [2.05, 4.69) is 4.74 Å². The molecule has 0 aliphatic heterocycles. The molecular weight excluding hydrogens is 220 g/mol. The van der Waals surface area contributed by atoms with Crippen LogP contribution in [0, 0.1) is 13.8 Å². The minimum atomic E-state index is -0.546. The number of methoxy groups -OCH3 is 2. The number of carbonyl (C=O) groups is 2. The van der Waals surface area contributed by atoms with Gasteiger partial charge >= 0.3 is 5.97 Å². The molecular formula is C13H16O4. The highest BCUT2D eigenvalue weighted by atomic mass is 16.5. The van der Waals surface area contributed by atoms with E-state index in [1.165, 1.54) is 14.2 Å². The van der Waals surface area contributed by atoms with E-state index in [-0.39, 0.29) is 12.2 Å². The minimum absolute atomic E-state index is 0.268. The predicted molar refractivity (Wildman–Crippen MR) is 63.4 cm³/mol. The molecule has 0 saturated carbocycles. The van der Waals surface area contributed by atoms with Crippen molar-refractivity contribution in [2.45, 2.75) is 20.3 Å². The van der Waals surface area contributed by atoms with Crippen LogP contribution in [0.4, 0.5) is 0 Å². The molecule has 4 heteroatoms. The average Bonchev–Trinajstić information content (AvgIpc) is 2.31. The Balaban J connectivity index is 3.08. The topological polar surface area (TPSA) is 52.6 Å². The normalized spacial score (nSPS) is 9.88. The van der Waals surface area contributed by atoms with Crippen molar-refractivity contribution < 1.29 is 19.1 Å². The van der Waals surface area contributed by atoms with Crippen molar-refractivity contribution in [1.82, 2.24) is 0 Å². The molecule has 0 aliphatic carbocycles. The average molecular weight is 236 g/mol. The van der Waals surface area contributed by atoms with Crippen LogP contribution in [0.1, 0.15) is 27.9 Å². The Morgan fingerprint density at radius 2 is 1.71 bits per heavy atom. The van der Waals surface area contributed by atoms with Crippen molar-refractivity contribution in [3.8, 4) is 5.75 Å². The summed E-state index contributed by atoms with van der Waals surface area (Å²) in [4.78, 5) is 22.9. The molecule has 17 heavy (non-hydrogen) atoms. The van der Waals surface area contributed by atoms with Gasteiger partial charge in [0.1, 0.15) is 12.2 Å². The predicted octanol–water partition coefficient (Wildman–Crippen LogP) is 2.06. The number of benzene rings is 1. The third kappa shape index (κ3) is 3.06. The van der Waals surface area contributed by atoms with E-state index >= 15 is 0 Å². The van der Waals surface area contributed by atoms with Gasteiger partial charge < -0.3 is 9.47 Å². The zero-order valence-corrected chi connectivity index (χ0v) is 10.5. The van der Waals surface area contributed by atoms with Gasteiger partial charge in [-0.1, -0.05) is 0 Å². The van der Waals surface area contributed by atoms with Crippen molar-refractivity contribution in [3.05, 3.63) is 28.8 Å². The smallest absolute Gasteiger partial charge is 0.313 e. The lowest BCUT2D eigenvalue weighted by Crippen LogP contribution is -2.11. The van der Waals surface area contributed by atoms with Crippen LogP contribution >= 0.6 is 0 Å². The van der Waals surface area contributed by atoms with Gasteiger partial charge in [0.15, 0.2) is 5.78 Å². The van der Waals surface area contributed by atoms with E-state index in [4.69, 9.17) is 4.74 Å². The molecule has 4 nitrogen and oxygen atoms in total. The Bertz CT molecular complexity index is 449. The third-order valence-electron chi connectivity index (χ3n) is 2.65. The van der Waals surface area contributed by atoms with Crippen LogP contribution in [0.5, 0.6) is 5.75 Å². The molecule has 0 spiro atoms. The van der Waals surface area contributed by atoms with Crippen molar-refractivity contribution in [2.75, 3.05) is 14.2 Å². The van der Waals surface area contributed by atoms with Gasteiger partial charge in [0.2, 0.25) is 0 Å². The number of hydrogen-bond donors (Lipinski definition) is 0. The van der Waals surface area contributed by atoms with Crippen LogP contribution in [0.15, 0.2) is 12.1 Å². The molecule has 0 saturated heterocycles. The molecule has 1 rings (SSSR count). The van der Waals surface area contributed by atoms with Crippen molar-refractivity contribution in [2.24, 2.45) is 0 Å². The zero-order valence-electron chi connectivity index (χ0n) is 10.5. The maximum Gasteiger partial charge on any atom is 0.313 e. The Kier molecular flexibility index (Phi) is 4.26. The summed E-state index contributed by atoms with van der Waals surface area (Å²) in [7, 11) is 2.76. The molecule has 0 atom stereocenters. The molecule has 0 unspecified atom stereocenters. The van der Waals surface area contributed by atoms with Crippen LogP contribution in [0.25, 0.3) is 0 Å². The molecule has 1 aromatic carbocycles. The lowest BCUT2D eigenvalue weighted by atomic mass is 10.0. The molecule has 0 fully saturated rings. The fraction of sp³-hybridized carbons (Fsp3) is 0.385. The summed E-state index contributed by atoms with van der Waals surface area (Å²) in [6, 6.07) is 3.53. The molecule has 1 aromatic rings. The van der Waals surface area contributed by atoms with Gasteiger partial charge in [-0.2, -0.15) is 0 Å². The van der Waals surface area contributed by atoms with Gasteiger partial charge in [-0.3, -0.25) is 9.59 Å². The summed E-state index contributed by atoms with van der Waals surface area (Å²) < 4.78 is 9.61. The number of rotatable bonds is 4. The molecule has 0 amide bonds. The summed E-state index contributed by atoms with van der Waals surface area (Å²) in [5, 5.41) is 0. The number of carbonyl (C=O) groups excluding carboxylic acids is 2. The second-order valence-corrected chi connectivity index (χ2v) is 3.81. The van der Waals surface area contributed by atoms with E-state index in [9.17, 15) is 9.59 Å². The first-order chi connectivity index (χ1) is 7.99. The Labute approximate surface area is 101 Å². The van der Waals surface area contributed by atoms with Crippen LogP contribution in [-0.2, 0) is 9.53 Å². The highest BCUT2D eigenvalue weighted by molar-refractivity contribution is 6.07. The molecule has 0 N–H and O–H groups in total. The molecule has 92 valence electrons. The largest absolute Gasteiger partial charge is 0.496 e. The number of aryl methyl sites for hydroxylation is 2. The van der Waals surface area contributed by atoms with E-state index in [0.29, 0.717) is 11.3 Å². The first kappa shape index (κ1) is 13.2. The minimum Gasteiger partial charge on any atom is -0.496 e. The maximum absolute atomic E-state index is 11.9. The van der Waals surface area contributed by atoms with Gasteiger partial charge in [0.05, 0.1) is 19.8 Å². The standard InChI is InChI=1S/C13H16O4/c1-8-5-10(11(14)7-13(15)17-4)12(16-3)6-9(8)2/h5-6H,7H2,1-4H3. The zero-order chi connectivity index (χ0) is 13.0. The van der Waals surface area contributed by atoms with Gasteiger partial charge in [0.25, 0.3) is 0 Å². The van der Waals surface area contributed by atoms with Crippen LogP contribution in [-0.4, -0.2) is 26.0 Å². The van der Waals surface area contributed by atoms with Crippen LogP contribution < -0.4 is 4.74 Å². The van der Waals surface area contributed by atoms with Gasteiger partial charge in [0, 0.05) is 0 Å². The van der Waals surface area contributed by atoms with E-state index in [0.717, 1.165) is 11.1 Å². The molecule has 0 radical (unpaired) electrons. The Morgan fingerprint density at radius 1 is 1.12 bits per heavy atom. The van der Waals surface area contributed by atoms with Crippen LogP contribution in [0.2, 0.25) is 0 Å². The van der Waals surface area contributed by atoms with Gasteiger partial charge in [-0.15, -0.1) is 0 Å². The number of Topliss-reactive ketones (excluding diaryl/α,β-unsaturated/α-hetero) is 1. The highest BCUT2D eigenvalue weighted by Crippen LogP contribution is 2.24. The first-order valence-corrected chi connectivity index (χ1v) is 5.24.